The molecule has 158 valence electrons. The van der Waals surface area contributed by atoms with E-state index >= 15 is 0 Å². The molecule has 8 heteroatoms. The molecule has 2 aromatic carbocycles. The van der Waals surface area contributed by atoms with Crippen LogP contribution in [-0.4, -0.2) is 65.9 Å². The number of benzene rings is 2. The number of aliphatic carboxylic acids is 1. The number of carbonyl (C=O) groups is 3. The van der Waals surface area contributed by atoms with Crippen LogP contribution in [0.5, 0.6) is 0 Å². The second-order valence-corrected chi connectivity index (χ2v) is 7.10. The highest BCUT2D eigenvalue weighted by Crippen LogP contribution is 2.44. The maximum absolute atomic E-state index is 12.4. The number of aliphatic hydroxyl groups is 1. The number of aliphatic hydroxyl groups excluding tert-OH is 1. The lowest BCUT2D eigenvalue weighted by atomic mass is 9.98. The number of hydrogen-bond donors (Lipinski definition) is 3. The van der Waals surface area contributed by atoms with Crippen molar-refractivity contribution in [2.75, 3.05) is 26.8 Å². The number of carboxylic acids is 1. The smallest absolute Gasteiger partial charge is 0.407 e. The van der Waals surface area contributed by atoms with Gasteiger partial charge in [0, 0.05) is 19.5 Å². The van der Waals surface area contributed by atoms with Crippen LogP contribution in [0.25, 0.3) is 11.1 Å². The zero-order chi connectivity index (χ0) is 21.7. The van der Waals surface area contributed by atoms with Gasteiger partial charge in [0.25, 0.3) is 0 Å². The topological polar surface area (TPSA) is 116 Å². The third kappa shape index (κ3) is 4.60. The van der Waals surface area contributed by atoms with Gasteiger partial charge >= 0.3 is 12.1 Å². The first-order chi connectivity index (χ1) is 14.4. The number of carboxylic acid groups (broad SMARTS) is 1. The normalized spacial score (nSPS) is 13.1. The summed E-state index contributed by atoms with van der Waals surface area (Å²) in [6.07, 6.45) is -1.45. The minimum Gasteiger partial charge on any atom is -0.481 e. The molecule has 0 radical (unpaired) electrons. The number of fused-ring (bicyclic) bond motifs is 3. The molecule has 1 aliphatic carbocycles. The lowest BCUT2D eigenvalue weighted by molar-refractivity contribution is -0.142. The largest absolute Gasteiger partial charge is 0.481 e. The number of hydrogen-bond acceptors (Lipinski definition) is 5. The summed E-state index contributed by atoms with van der Waals surface area (Å²) in [6, 6.07) is 14.5. The monoisotopic (exact) mass is 412 g/mol. The van der Waals surface area contributed by atoms with Crippen LogP contribution in [0.1, 0.15) is 23.5 Å². The maximum Gasteiger partial charge on any atom is 0.407 e. The number of nitrogens with one attached hydrogen (secondary N) is 1. The minimum absolute atomic E-state index is 0.0291. The fraction of sp³-hybridized carbons (Fsp3) is 0.318. The van der Waals surface area contributed by atoms with Crippen molar-refractivity contribution in [2.24, 2.45) is 0 Å². The van der Waals surface area contributed by atoms with Gasteiger partial charge in [-0.1, -0.05) is 48.5 Å². The highest BCUT2D eigenvalue weighted by molar-refractivity contribution is 5.89. The van der Waals surface area contributed by atoms with E-state index in [-0.39, 0.29) is 25.7 Å². The molecule has 0 spiro atoms. The zero-order valence-electron chi connectivity index (χ0n) is 16.6. The van der Waals surface area contributed by atoms with Gasteiger partial charge in [0.1, 0.15) is 12.6 Å². The van der Waals surface area contributed by atoms with Crippen LogP contribution >= 0.6 is 0 Å². The molecule has 2 aromatic rings. The van der Waals surface area contributed by atoms with Crippen molar-refractivity contribution in [3.8, 4) is 11.1 Å². The molecule has 1 aliphatic rings. The molecule has 0 fully saturated rings. The zero-order valence-corrected chi connectivity index (χ0v) is 16.6. The van der Waals surface area contributed by atoms with Gasteiger partial charge in [0.2, 0.25) is 5.91 Å². The van der Waals surface area contributed by atoms with Gasteiger partial charge in [0.15, 0.2) is 0 Å². The Morgan fingerprint density at radius 3 is 2.17 bits per heavy atom. The lowest BCUT2D eigenvalue weighted by Crippen LogP contribution is -2.49. The van der Waals surface area contributed by atoms with Crippen LogP contribution in [0.3, 0.4) is 0 Å². The standard InChI is InChI=1S/C22H24N2O6/c1-24(10-11-25)21(28)19(12-20(26)27)23-22(29)30-13-18-16-8-4-2-6-14(16)15-7-3-5-9-17(15)18/h2-9,18-19,25H,10-13H2,1H3,(H,23,29)(H,26,27). The Morgan fingerprint density at radius 1 is 1.07 bits per heavy atom. The average molecular weight is 412 g/mol. The summed E-state index contributed by atoms with van der Waals surface area (Å²) >= 11 is 0. The quantitative estimate of drug-likeness (QED) is 0.609. The summed E-state index contributed by atoms with van der Waals surface area (Å²) in [7, 11) is 1.42. The molecule has 0 saturated carbocycles. The summed E-state index contributed by atoms with van der Waals surface area (Å²) in [5, 5.41) is 20.4. The molecule has 0 aromatic heterocycles. The Morgan fingerprint density at radius 2 is 1.63 bits per heavy atom. The van der Waals surface area contributed by atoms with Crippen LogP contribution in [0.15, 0.2) is 48.5 Å². The third-order valence-corrected chi connectivity index (χ3v) is 5.12. The Kier molecular flexibility index (Phi) is 6.68. The van der Waals surface area contributed by atoms with E-state index in [0.29, 0.717) is 0 Å². The molecule has 30 heavy (non-hydrogen) atoms. The summed E-state index contributed by atoms with van der Waals surface area (Å²) in [5.41, 5.74) is 4.28. The van der Waals surface area contributed by atoms with Gasteiger partial charge in [-0.3, -0.25) is 9.59 Å². The molecule has 3 N–H and O–H groups in total. The number of amides is 2. The average Bonchev–Trinajstić information content (AvgIpc) is 3.05. The first-order valence-corrected chi connectivity index (χ1v) is 9.61. The molecule has 0 bridgehead atoms. The molecule has 0 heterocycles. The number of nitrogens with zero attached hydrogens (tertiary/aromatic N) is 1. The number of carbonyl (C=O) groups excluding carboxylic acids is 2. The molecular formula is C22H24N2O6. The Bertz CT molecular complexity index is 899. The van der Waals surface area contributed by atoms with E-state index in [1.165, 1.54) is 7.05 Å². The van der Waals surface area contributed by atoms with Crippen LogP contribution in [0.2, 0.25) is 0 Å². The van der Waals surface area contributed by atoms with E-state index in [1.807, 2.05) is 48.5 Å². The van der Waals surface area contributed by atoms with Gasteiger partial charge in [-0.15, -0.1) is 0 Å². The predicted octanol–water partition coefficient (Wildman–Crippen LogP) is 1.82. The van der Waals surface area contributed by atoms with Gasteiger partial charge in [-0.2, -0.15) is 0 Å². The van der Waals surface area contributed by atoms with E-state index in [4.69, 9.17) is 14.9 Å². The Labute approximate surface area is 174 Å². The number of ether oxygens (including phenoxy) is 1. The molecule has 2 amide bonds. The number of alkyl carbamates (subject to hydrolysis) is 1. The number of likely N-dealkylation sites (N-methyl/N-ethyl adjacent to an activating group) is 1. The van der Waals surface area contributed by atoms with Crippen molar-refractivity contribution < 1.29 is 29.3 Å². The highest BCUT2D eigenvalue weighted by Gasteiger charge is 2.30. The Hall–Kier alpha value is -3.39. The maximum atomic E-state index is 12.4. The van der Waals surface area contributed by atoms with Crippen LogP contribution in [0.4, 0.5) is 4.79 Å². The molecule has 0 aliphatic heterocycles. The molecule has 1 atom stereocenters. The summed E-state index contributed by atoms with van der Waals surface area (Å²) in [5.74, 6) is -1.99. The van der Waals surface area contributed by atoms with Gasteiger partial charge in [0.05, 0.1) is 13.0 Å². The van der Waals surface area contributed by atoms with Crippen molar-refractivity contribution in [3.63, 3.8) is 0 Å². The third-order valence-electron chi connectivity index (χ3n) is 5.12. The van der Waals surface area contributed by atoms with Crippen molar-refractivity contribution in [1.29, 1.82) is 0 Å². The minimum atomic E-state index is -1.28. The highest BCUT2D eigenvalue weighted by atomic mass is 16.5. The van der Waals surface area contributed by atoms with Gasteiger partial charge < -0.3 is 25.2 Å². The lowest BCUT2D eigenvalue weighted by Gasteiger charge is -2.23. The van der Waals surface area contributed by atoms with Crippen molar-refractivity contribution >= 4 is 18.0 Å². The van der Waals surface area contributed by atoms with Crippen molar-refractivity contribution in [3.05, 3.63) is 59.7 Å². The fourth-order valence-electron chi connectivity index (χ4n) is 3.68. The fourth-order valence-corrected chi connectivity index (χ4v) is 3.68. The molecule has 3 rings (SSSR count). The molecule has 0 saturated heterocycles. The van der Waals surface area contributed by atoms with Crippen LogP contribution in [0, 0.1) is 0 Å². The molecule has 8 nitrogen and oxygen atoms in total. The summed E-state index contributed by atoms with van der Waals surface area (Å²) in [4.78, 5) is 37.0. The van der Waals surface area contributed by atoms with Crippen LogP contribution in [-0.2, 0) is 14.3 Å². The Balaban J connectivity index is 1.68. The van der Waals surface area contributed by atoms with E-state index in [1.54, 1.807) is 0 Å². The van der Waals surface area contributed by atoms with E-state index in [2.05, 4.69) is 5.32 Å². The first kappa shape index (κ1) is 21.3. The second-order valence-electron chi connectivity index (χ2n) is 7.10. The van der Waals surface area contributed by atoms with Gasteiger partial charge in [-0.25, -0.2) is 4.79 Å². The van der Waals surface area contributed by atoms with Crippen molar-refractivity contribution in [1.82, 2.24) is 10.2 Å². The van der Waals surface area contributed by atoms with Gasteiger partial charge in [-0.05, 0) is 22.3 Å². The molecule has 1 unspecified atom stereocenters. The molecular weight excluding hydrogens is 388 g/mol. The van der Waals surface area contributed by atoms with E-state index < -0.39 is 30.4 Å². The SMILES string of the molecule is CN(CCO)C(=O)C(CC(=O)O)NC(=O)OCC1c2ccccc2-c2ccccc21. The van der Waals surface area contributed by atoms with E-state index in [0.717, 1.165) is 27.2 Å². The van der Waals surface area contributed by atoms with E-state index in [9.17, 15) is 14.4 Å². The second kappa shape index (κ2) is 9.41. The summed E-state index contributed by atoms with van der Waals surface area (Å²) < 4.78 is 5.38. The van der Waals surface area contributed by atoms with Crippen LogP contribution < -0.4 is 5.32 Å². The van der Waals surface area contributed by atoms with Crippen molar-refractivity contribution in [2.45, 2.75) is 18.4 Å². The first-order valence-electron chi connectivity index (χ1n) is 9.61. The predicted molar refractivity (Wildman–Crippen MR) is 109 cm³/mol. The number of rotatable bonds is 8. The summed E-state index contributed by atoms with van der Waals surface area (Å²) in [6.45, 7) is -0.186.